The van der Waals surface area contributed by atoms with Gasteiger partial charge < -0.3 is 15.1 Å². The fraction of sp³-hybridized carbons (Fsp3) is 0.429. The van der Waals surface area contributed by atoms with Crippen molar-refractivity contribution in [3.8, 4) is 0 Å². The summed E-state index contributed by atoms with van der Waals surface area (Å²) in [5.74, 6) is -0.0833. The summed E-state index contributed by atoms with van der Waals surface area (Å²) in [6.45, 7) is 1.81. The number of hydrogen-bond acceptors (Lipinski definition) is 3. The third kappa shape index (κ3) is 3.22. The zero-order valence-corrected chi connectivity index (χ0v) is 12.4. The molecule has 20 heavy (non-hydrogen) atoms. The van der Waals surface area contributed by atoms with E-state index in [1.54, 1.807) is 37.2 Å². The van der Waals surface area contributed by atoms with E-state index >= 15 is 0 Å². The summed E-state index contributed by atoms with van der Waals surface area (Å²) in [5.41, 5.74) is 1.10. The van der Waals surface area contributed by atoms with E-state index in [0.717, 1.165) is 19.5 Å². The minimum atomic E-state index is -0.124. The van der Waals surface area contributed by atoms with Crippen LogP contribution in [0.15, 0.2) is 18.2 Å². The van der Waals surface area contributed by atoms with Crippen molar-refractivity contribution in [2.75, 3.05) is 39.0 Å². The molecule has 0 atom stereocenters. The first kappa shape index (κ1) is 14.7. The topological polar surface area (TPSA) is 52.7 Å². The molecule has 0 saturated carbocycles. The van der Waals surface area contributed by atoms with E-state index < -0.39 is 0 Å². The predicted molar refractivity (Wildman–Crippen MR) is 79.2 cm³/mol. The van der Waals surface area contributed by atoms with Gasteiger partial charge in [0.1, 0.15) is 0 Å². The molecule has 1 heterocycles. The summed E-state index contributed by atoms with van der Waals surface area (Å²) >= 11 is 5.96. The number of likely N-dealkylation sites (tertiary alicyclic amines) is 1. The molecule has 0 aliphatic carbocycles. The fourth-order valence-corrected chi connectivity index (χ4v) is 2.11. The second kappa shape index (κ2) is 6.13. The van der Waals surface area contributed by atoms with Crippen molar-refractivity contribution in [1.29, 1.82) is 0 Å². The molecule has 2 amide bonds. The molecule has 1 fully saturated rings. The van der Waals surface area contributed by atoms with Crippen molar-refractivity contribution in [3.05, 3.63) is 28.8 Å². The van der Waals surface area contributed by atoms with Crippen LogP contribution in [0, 0.1) is 0 Å². The molecule has 6 heteroatoms. The van der Waals surface area contributed by atoms with E-state index in [4.69, 9.17) is 11.6 Å². The smallest absolute Gasteiger partial charge is 0.255 e. The molecule has 0 unspecified atom stereocenters. The molecule has 2 rings (SSSR count). The van der Waals surface area contributed by atoms with Gasteiger partial charge in [-0.1, -0.05) is 11.6 Å². The van der Waals surface area contributed by atoms with Gasteiger partial charge in [-0.05, 0) is 24.6 Å². The summed E-state index contributed by atoms with van der Waals surface area (Å²) in [7, 11) is 3.37. The highest BCUT2D eigenvalue weighted by Gasteiger charge is 2.20. The van der Waals surface area contributed by atoms with E-state index in [-0.39, 0.29) is 18.4 Å². The van der Waals surface area contributed by atoms with Gasteiger partial charge in [-0.2, -0.15) is 0 Å². The average Bonchev–Trinajstić information content (AvgIpc) is 2.33. The Morgan fingerprint density at radius 1 is 1.35 bits per heavy atom. The normalized spacial score (nSPS) is 13.7. The van der Waals surface area contributed by atoms with Crippen LogP contribution in [0.1, 0.15) is 16.8 Å². The zero-order valence-electron chi connectivity index (χ0n) is 11.6. The molecule has 0 bridgehead atoms. The molecule has 1 aliphatic rings. The number of carbonyl (C=O) groups excluding carboxylic acids is 2. The Kier molecular flexibility index (Phi) is 4.49. The van der Waals surface area contributed by atoms with E-state index in [9.17, 15) is 9.59 Å². The van der Waals surface area contributed by atoms with E-state index in [0.29, 0.717) is 16.3 Å². The molecule has 1 saturated heterocycles. The number of hydrogen-bond donors (Lipinski definition) is 1. The Morgan fingerprint density at radius 2 is 2.05 bits per heavy atom. The maximum Gasteiger partial charge on any atom is 0.255 e. The van der Waals surface area contributed by atoms with E-state index in [2.05, 4.69) is 5.32 Å². The maximum atomic E-state index is 12.1. The molecule has 108 valence electrons. The monoisotopic (exact) mass is 295 g/mol. The summed E-state index contributed by atoms with van der Waals surface area (Å²) in [4.78, 5) is 27.2. The van der Waals surface area contributed by atoms with E-state index in [1.165, 1.54) is 4.90 Å². The van der Waals surface area contributed by atoms with Gasteiger partial charge in [-0.25, -0.2) is 0 Å². The first-order valence-corrected chi connectivity index (χ1v) is 6.89. The Bertz CT molecular complexity index is 527. The fourth-order valence-electron chi connectivity index (χ4n) is 1.94. The highest BCUT2D eigenvalue weighted by atomic mass is 35.5. The number of carbonyl (C=O) groups is 2. The van der Waals surface area contributed by atoms with Crippen LogP contribution in [-0.4, -0.2) is 55.3 Å². The number of rotatable bonds is 4. The van der Waals surface area contributed by atoms with Gasteiger partial charge in [0.05, 0.1) is 12.1 Å². The highest BCUT2D eigenvalue weighted by Crippen LogP contribution is 2.22. The number of anilines is 1. The van der Waals surface area contributed by atoms with Gasteiger partial charge in [0, 0.05) is 37.9 Å². The molecule has 1 aliphatic heterocycles. The first-order chi connectivity index (χ1) is 9.49. The summed E-state index contributed by atoms with van der Waals surface area (Å²) in [5, 5.41) is 3.54. The molecule has 0 spiro atoms. The number of nitrogens with zero attached hydrogens (tertiary/aromatic N) is 2. The van der Waals surface area contributed by atoms with Crippen LogP contribution in [0.25, 0.3) is 0 Å². The zero-order chi connectivity index (χ0) is 14.7. The summed E-state index contributed by atoms with van der Waals surface area (Å²) in [6, 6.07) is 5.00. The SMILES string of the molecule is CN(C)C(=O)c1ccc(Cl)cc1NCC(=O)N1CCC1. The van der Waals surface area contributed by atoms with E-state index in [1.807, 2.05) is 0 Å². The summed E-state index contributed by atoms with van der Waals surface area (Å²) in [6.07, 6.45) is 1.06. The Balaban J connectivity index is 2.10. The molecule has 1 N–H and O–H groups in total. The quantitative estimate of drug-likeness (QED) is 0.919. The van der Waals surface area contributed by atoms with Crippen molar-refractivity contribution < 1.29 is 9.59 Å². The lowest BCUT2D eigenvalue weighted by Gasteiger charge is -2.31. The van der Waals surface area contributed by atoms with Crippen LogP contribution in [0.2, 0.25) is 5.02 Å². The molecule has 0 aromatic heterocycles. The molecule has 5 nitrogen and oxygen atoms in total. The van der Waals surface area contributed by atoms with Gasteiger partial charge in [0.15, 0.2) is 0 Å². The number of halogens is 1. The predicted octanol–water partition coefficient (Wildman–Crippen LogP) is 1.69. The minimum absolute atomic E-state index is 0.0412. The van der Waals surface area contributed by atoms with Crippen LogP contribution in [0.5, 0.6) is 0 Å². The molecule has 1 aromatic carbocycles. The minimum Gasteiger partial charge on any atom is -0.375 e. The second-order valence-corrected chi connectivity index (χ2v) is 5.41. The van der Waals surface area contributed by atoms with Crippen molar-refractivity contribution in [2.24, 2.45) is 0 Å². The lowest BCUT2D eigenvalue weighted by atomic mass is 10.1. The molecule has 0 radical (unpaired) electrons. The van der Waals surface area contributed by atoms with Gasteiger partial charge in [0.2, 0.25) is 5.91 Å². The van der Waals surface area contributed by atoms with Crippen molar-refractivity contribution in [1.82, 2.24) is 9.80 Å². The third-order valence-corrected chi connectivity index (χ3v) is 3.49. The first-order valence-electron chi connectivity index (χ1n) is 6.52. The molecular formula is C14H18ClN3O2. The van der Waals surface area contributed by atoms with Crippen LogP contribution >= 0.6 is 11.6 Å². The van der Waals surface area contributed by atoms with Crippen LogP contribution in [0.4, 0.5) is 5.69 Å². The van der Waals surface area contributed by atoms with Crippen LogP contribution in [0.3, 0.4) is 0 Å². The highest BCUT2D eigenvalue weighted by molar-refractivity contribution is 6.31. The Morgan fingerprint density at radius 3 is 2.60 bits per heavy atom. The van der Waals surface area contributed by atoms with Crippen LogP contribution < -0.4 is 5.32 Å². The number of amides is 2. The van der Waals surface area contributed by atoms with Gasteiger partial charge >= 0.3 is 0 Å². The largest absolute Gasteiger partial charge is 0.375 e. The third-order valence-electron chi connectivity index (χ3n) is 3.26. The average molecular weight is 296 g/mol. The molecular weight excluding hydrogens is 278 g/mol. The van der Waals surface area contributed by atoms with Gasteiger partial charge in [-0.3, -0.25) is 9.59 Å². The van der Waals surface area contributed by atoms with Crippen LogP contribution in [-0.2, 0) is 4.79 Å². The van der Waals surface area contributed by atoms with Crippen molar-refractivity contribution in [3.63, 3.8) is 0 Å². The summed E-state index contributed by atoms with van der Waals surface area (Å²) < 4.78 is 0. The Labute approximate surface area is 123 Å². The maximum absolute atomic E-state index is 12.1. The second-order valence-electron chi connectivity index (χ2n) is 4.98. The van der Waals surface area contributed by atoms with Crippen molar-refractivity contribution in [2.45, 2.75) is 6.42 Å². The lowest BCUT2D eigenvalue weighted by molar-refractivity contribution is -0.132. The van der Waals surface area contributed by atoms with Gasteiger partial charge in [0.25, 0.3) is 5.91 Å². The Hall–Kier alpha value is -1.75. The lowest BCUT2D eigenvalue weighted by Crippen LogP contribution is -2.44. The standard InChI is InChI=1S/C14H18ClN3O2/c1-17(2)14(20)11-5-4-10(15)8-12(11)16-9-13(19)18-6-3-7-18/h4-5,8,16H,3,6-7,9H2,1-2H3. The number of benzene rings is 1. The van der Waals surface area contributed by atoms with Gasteiger partial charge in [-0.15, -0.1) is 0 Å². The molecule has 1 aromatic rings. The number of nitrogens with one attached hydrogen (secondary N) is 1. The van der Waals surface area contributed by atoms with Crippen molar-refractivity contribution >= 4 is 29.1 Å².